The van der Waals surface area contributed by atoms with Crippen LogP contribution < -0.4 is 10.4 Å². The lowest BCUT2D eigenvalue weighted by Crippen LogP contribution is -2.02. The van der Waals surface area contributed by atoms with Gasteiger partial charge in [0.05, 0.1) is 18.2 Å². The van der Waals surface area contributed by atoms with Gasteiger partial charge in [-0.05, 0) is 24.1 Å². The molecule has 0 atom stereocenters. The number of benzene rings is 1. The molecule has 0 fully saturated rings. The summed E-state index contributed by atoms with van der Waals surface area (Å²) in [4.78, 5) is 11.2. The van der Waals surface area contributed by atoms with Crippen molar-refractivity contribution in [3.05, 3.63) is 52.0 Å². The van der Waals surface area contributed by atoms with E-state index >= 15 is 0 Å². The zero-order valence-electron chi connectivity index (χ0n) is 9.27. The Balaban J connectivity index is 2.63. The molecule has 3 nitrogen and oxygen atoms in total. The van der Waals surface area contributed by atoms with Gasteiger partial charge >= 0.3 is 5.63 Å². The van der Waals surface area contributed by atoms with E-state index < -0.39 is 5.63 Å². The lowest BCUT2D eigenvalue weighted by molar-refractivity contribution is 0.336. The Hall–Kier alpha value is -1.74. The average molecular weight is 251 g/mol. The van der Waals surface area contributed by atoms with E-state index in [0.717, 1.165) is 5.56 Å². The second-order valence-electron chi connectivity index (χ2n) is 3.38. The van der Waals surface area contributed by atoms with Gasteiger partial charge in [0.2, 0.25) is 5.22 Å². The van der Waals surface area contributed by atoms with Crippen molar-refractivity contribution in [2.45, 2.75) is 6.92 Å². The summed E-state index contributed by atoms with van der Waals surface area (Å²) < 4.78 is 10.3. The number of hydrogen-bond donors (Lipinski definition) is 0. The first-order valence-corrected chi connectivity index (χ1v) is 5.62. The minimum Gasteiger partial charge on any atom is -0.493 e. The largest absolute Gasteiger partial charge is 0.493 e. The predicted molar refractivity (Wildman–Crippen MR) is 66.6 cm³/mol. The summed E-state index contributed by atoms with van der Waals surface area (Å²) in [5, 5.41) is 0.0483. The highest BCUT2D eigenvalue weighted by atomic mass is 35.5. The second-order valence-corrected chi connectivity index (χ2v) is 3.72. The molecule has 4 heteroatoms. The SMILES string of the molecule is CCOc1cc(=O)oc(Cl)c1-c1ccccc1. The van der Waals surface area contributed by atoms with Gasteiger partial charge in [0.1, 0.15) is 5.75 Å². The molecular weight excluding hydrogens is 240 g/mol. The molecule has 0 saturated carbocycles. The quantitative estimate of drug-likeness (QED) is 0.839. The molecule has 1 aromatic carbocycles. The smallest absolute Gasteiger partial charge is 0.340 e. The van der Waals surface area contributed by atoms with E-state index in [1.54, 1.807) is 0 Å². The highest BCUT2D eigenvalue weighted by Crippen LogP contribution is 2.34. The number of halogens is 1. The molecule has 0 N–H and O–H groups in total. The van der Waals surface area contributed by atoms with Crippen molar-refractivity contribution in [2.24, 2.45) is 0 Å². The molecule has 1 heterocycles. The highest BCUT2D eigenvalue weighted by molar-refractivity contribution is 6.31. The molecule has 2 rings (SSSR count). The Labute approximate surface area is 104 Å². The van der Waals surface area contributed by atoms with Crippen molar-refractivity contribution in [3.8, 4) is 16.9 Å². The second kappa shape index (κ2) is 5.06. The van der Waals surface area contributed by atoms with Gasteiger partial charge in [-0.15, -0.1) is 0 Å². The summed E-state index contributed by atoms with van der Waals surface area (Å²) in [7, 11) is 0. The van der Waals surface area contributed by atoms with Gasteiger partial charge in [0, 0.05) is 0 Å². The standard InChI is InChI=1S/C13H11ClO3/c1-2-16-10-8-11(15)17-13(14)12(10)9-6-4-3-5-7-9/h3-8H,2H2,1H3. The third-order valence-electron chi connectivity index (χ3n) is 2.24. The molecule has 1 aromatic heterocycles. The Morgan fingerprint density at radius 3 is 2.65 bits per heavy atom. The van der Waals surface area contributed by atoms with Crippen LogP contribution in [0.5, 0.6) is 5.75 Å². The van der Waals surface area contributed by atoms with Crippen LogP contribution in [0.2, 0.25) is 5.22 Å². The van der Waals surface area contributed by atoms with Crippen molar-refractivity contribution >= 4 is 11.6 Å². The van der Waals surface area contributed by atoms with E-state index in [1.807, 2.05) is 37.3 Å². The first-order chi connectivity index (χ1) is 8.22. The summed E-state index contributed by atoms with van der Waals surface area (Å²) in [6.45, 7) is 2.30. The highest BCUT2D eigenvalue weighted by Gasteiger charge is 2.14. The zero-order chi connectivity index (χ0) is 12.3. The topological polar surface area (TPSA) is 39.4 Å². The van der Waals surface area contributed by atoms with Gasteiger partial charge in [0.25, 0.3) is 0 Å². The first-order valence-electron chi connectivity index (χ1n) is 5.24. The molecular formula is C13H11ClO3. The first kappa shape index (κ1) is 11.7. The molecule has 17 heavy (non-hydrogen) atoms. The van der Waals surface area contributed by atoms with Gasteiger partial charge < -0.3 is 9.15 Å². The monoisotopic (exact) mass is 250 g/mol. The minimum atomic E-state index is -0.516. The van der Waals surface area contributed by atoms with Crippen LogP contribution in [0.25, 0.3) is 11.1 Å². The number of hydrogen-bond acceptors (Lipinski definition) is 3. The maximum Gasteiger partial charge on any atom is 0.340 e. The average Bonchev–Trinajstić information content (AvgIpc) is 2.30. The van der Waals surface area contributed by atoms with Crippen molar-refractivity contribution in [1.82, 2.24) is 0 Å². The van der Waals surface area contributed by atoms with Crippen LogP contribution in [0.4, 0.5) is 0 Å². The lowest BCUT2D eigenvalue weighted by Gasteiger charge is -2.10. The molecule has 0 amide bonds. The van der Waals surface area contributed by atoms with Crippen LogP contribution in [0.1, 0.15) is 6.92 Å². The molecule has 2 aromatic rings. The fourth-order valence-corrected chi connectivity index (χ4v) is 1.85. The maximum atomic E-state index is 11.2. The summed E-state index contributed by atoms with van der Waals surface area (Å²) in [6, 6.07) is 10.7. The van der Waals surface area contributed by atoms with E-state index in [0.29, 0.717) is 17.9 Å². The minimum absolute atomic E-state index is 0.0483. The van der Waals surface area contributed by atoms with E-state index in [9.17, 15) is 4.79 Å². The zero-order valence-corrected chi connectivity index (χ0v) is 10.0. The van der Waals surface area contributed by atoms with Crippen molar-refractivity contribution in [2.75, 3.05) is 6.61 Å². The maximum absolute atomic E-state index is 11.2. The summed E-state index contributed by atoms with van der Waals surface area (Å²) >= 11 is 5.96. The summed E-state index contributed by atoms with van der Waals surface area (Å²) in [5.41, 5.74) is 0.941. The molecule has 0 aliphatic rings. The molecule has 88 valence electrons. The molecule has 0 bridgehead atoms. The van der Waals surface area contributed by atoms with Gasteiger partial charge in [-0.2, -0.15) is 0 Å². The Bertz CT molecular complexity index is 561. The van der Waals surface area contributed by atoms with Gasteiger partial charge in [0.15, 0.2) is 0 Å². The van der Waals surface area contributed by atoms with E-state index in [2.05, 4.69) is 0 Å². The van der Waals surface area contributed by atoms with Crippen LogP contribution in [-0.4, -0.2) is 6.61 Å². The van der Waals surface area contributed by atoms with Crippen molar-refractivity contribution in [1.29, 1.82) is 0 Å². The van der Waals surface area contributed by atoms with Crippen LogP contribution in [0.15, 0.2) is 45.6 Å². The molecule has 0 radical (unpaired) electrons. The molecule has 0 unspecified atom stereocenters. The normalized spacial score (nSPS) is 10.2. The van der Waals surface area contributed by atoms with E-state index in [4.69, 9.17) is 20.8 Å². The van der Waals surface area contributed by atoms with Crippen LogP contribution in [0, 0.1) is 0 Å². The molecule has 0 saturated heterocycles. The van der Waals surface area contributed by atoms with Crippen LogP contribution >= 0.6 is 11.6 Å². The number of rotatable bonds is 3. The Kier molecular flexibility index (Phi) is 3.49. The van der Waals surface area contributed by atoms with Crippen molar-refractivity contribution < 1.29 is 9.15 Å². The van der Waals surface area contributed by atoms with Gasteiger partial charge in [-0.25, -0.2) is 4.79 Å². The van der Waals surface area contributed by atoms with Crippen LogP contribution in [-0.2, 0) is 0 Å². The molecule has 0 aliphatic heterocycles. The third-order valence-corrected chi connectivity index (χ3v) is 2.51. The van der Waals surface area contributed by atoms with Gasteiger partial charge in [-0.1, -0.05) is 30.3 Å². The fraction of sp³-hybridized carbons (Fsp3) is 0.154. The van der Waals surface area contributed by atoms with Crippen LogP contribution in [0.3, 0.4) is 0 Å². The lowest BCUT2D eigenvalue weighted by atomic mass is 10.1. The third kappa shape index (κ3) is 2.50. The molecule has 0 spiro atoms. The number of ether oxygens (including phenoxy) is 1. The Morgan fingerprint density at radius 2 is 2.00 bits per heavy atom. The fourth-order valence-electron chi connectivity index (χ4n) is 1.57. The summed E-state index contributed by atoms with van der Waals surface area (Å²) in [6.07, 6.45) is 0. The molecule has 0 aliphatic carbocycles. The van der Waals surface area contributed by atoms with Gasteiger partial charge in [-0.3, -0.25) is 0 Å². The van der Waals surface area contributed by atoms with E-state index in [1.165, 1.54) is 6.07 Å². The Morgan fingerprint density at radius 1 is 1.29 bits per heavy atom. The van der Waals surface area contributed by atoms with Crippen molar-refractivity contribution in [3.63, 3.8) is 0 Å². The predicted octanol–water partition coefficient (Wildman–Crippen LogP) is 3.36. The van der Waals surface area contributed by atoms with E-state index in [-0.39, 0.29) is 5.22 Å². The summed E-state index contributed by atoms with van der Waals surface area (Å²) in [5.74, 6) is 0.444.